The van der Waals surface area contributed by atoms with Crippen LogP contribution in [0, 0.1) is 0 Å². The molecule has 0 aliphatic rings. The molecule has 0 saturated heterocycles. The lowest BCUT2D eigenvalue weighted by atomic mass is 10.3. The van der Waals surface area contributed by atoms with Crippen molar-refractivity contribution in [3.8, 4) is 0 Å². The third-order valence-electron chi connectivity index (χ3n) is 2.30. The predicted molar refractivity (Wildman–Crippen MR) is 70.6 cm³/mol. The van der Waals surface area contributed by atoms with Crippen molar-refractivity contribution in [2.45, 2.75) is 32.6 Å². The zero-order valence-electron chi connectivity index (χ0n) is 10.5. The van der Waals surface area contributed by atoms with Crippen LogP contribution in [0.1, 0.15) is 32.0 Å². The number of methoxy groups -OCH3 is 1. The first-order valence-corrected chi connectivity index (χ1v) is 6.40. The number of nitrogens with one attached hydrogen (secondary N) is 1. The average molecular weight is 258 g/mol. The number of halogens is 1. The normalized spacial score (nSPS) is 10.5. The van der Waals surface area contributed by atoms with Gasteiger partial charge < -0.3 is 10.1 Å². The molecule has 0 saturated carbocycles. The van der Waals surface area contributed by atoms with Crippen LogP contribution < -0.4 is 5.32 Å². The van der Waals surface area contributed by atoms with Crippen molar-refractivity contribution < 1.29 is 4.74 Å². The largest absolute Gasteiger partial charge is 0.385 e. The van der Waals surface area contributed by atoms with E-state index in [1.54, 1.807) is 13.2 Å². The number of aryl methyl sites for hydroxylation is 1. The van der Waals surface area contributed by atoms with Gasteiger partial charge in [-0.05, 0) is 19.3 Å². The van der Waals surface area contributed by atoms with Crippen molar-refractivity contribution >= 4 is 17.4 Å². The molecule has 96 valence electrons. The van der Waals surface area contributed by atoms with Gasteiger partial charge in [0.05, 0.1) is 0 Å². The lowest BCUT2D eigenvalue weighted by molar-refractivity contribution is 0.194. The molecule has 0 spiro atoms. The number of aromatic nitrogens is 2. The van der Waals surface area contributed by atoms with Gasteiger partial charge in [0.2, 0.25) is 0 Å². The Balaban J connectivity index is 2.41. The summed E-state index contributed by atoms with van der Waals surface area (Å²) in [7, 11) is 1.72. The fourth-order valence-electron chi connectivity index (χ4n) is 1.48. The van der Waals surface area contributed by atoms with Gasteiger partial charge >= 0.3 is 0 Å². The van der Waals surface area contributed by atoms with E-state index >= 15 is 0 Å². The van der Waals surface area contributed by atoms with Gasteiger partial charge in [0.25, 0.3) is 0 Å². The topological polar surface area (TPSA) is 47.0 Å². The highest BCUT2D eigenvalue weighted by atomic mass is 35.5. The highest BCUT2D eigenvalue weighted by Gasteiger charge is 2.02. The molecule has 1 aromatic heterocycles. The Morgan fingerprint density at radius 3 is 2.88 bits per heavy atom. The number of rotatable bonds is 8. The second-order valence-electron chi connectivity index (χ2n) is 3.87. The molecule has 1 rings (SSSR count). The van der Waals surface area contributed by atoms with Crippen LogP contribution in [0.25, 0.3) is 0 Å². The predicted octanol–water partition coefficient (Wildman–Crippen LogP) is 2.92. The molecule has 5 heteroatoms. The number of hydrogen-bond donors (Lipinski definition) is 1. The Bertz CT molecular complexity index is 334. The summed E-state index contributed by atoms with van der Waals surface area (Å²) in [5.41, 5.74) is 0. The summed E-state index contributed by atoms with van der Waals surface area (Å²) in [6.45, 7) is 3.78. The fraction of sp³-hybridized carbons (Fsp3) is 0.667. The van der Waals surface area contributed by atoms with Crippen LogP contribution in [-0.4, -0.2) is 30.2 Å². The van der Waals surface area contributed by atoms with E-state index in [-0.39, 0.29) is 0 Å². The number of hydrogen-bond acceptors (Lipinski definition) is 4. The van der Waals surface area contributed by atoms with E-state index in [0.29, 0.717) is 5.15 Å². The summed E-state index contributed by atoms with van der Waals surface area (Å²) in [5, 5.41) is 3.75. The first kappa shape index (κ1) is 14.2. The molecule has 0 aliphatic heterocycles. The zero-order valence-corrected chi connectivity index (χ0v) is 11.3. The van der Waals surface area contributed by atoms with E-state index in [4.69, 9.17) is 16.3 Å². The lowest BCUT2D eigenvalue weighted by Crippen LogP contribution is -2.07. The van der Waals surface area contributed by atoms with Gasteiger partial charge in [0.1, 0.15) is 16.8 Å². The Morgan fingerprint density at radius 2 is 2.18 bits per heavy atom. The maximum atomic E-state index is 5.94. The third-order valence-corrected chi connectivity index (χ3v) is 2.49. The quantitative estimate of drug-likeness (QED) is 0.575. The lowest BCUT2D eigenvalue weighted by Gasteiger charge is -2.07. The minimum absolute atomic E-state index is 0.503. The maximum Gasteiger partial charge on any atom is 0.134 e. The second-order valence-corrected chi connectivity index (χ2v) is 4.26. The van der Waals surface area contributed by atoms with Crippen molar-refractivity contribution in [2.75, 3.05) is 25.6 Å². The van der Waals surface area contributed by atoms with Crippen LogP contribution >= 0.6 is 11.6 Å². The molecule has 1 N–H and O–H groups in total. The molecule has 0 atom stereocenters. The molecule has 0 unspecified atom stereocenters. The molecular weight excluding hydrogens is 238 g/mol. The van der Waals surface area contributed by atoms with E-state index in [0.717, 1.165) is 50.5 Å². The third kappa shape index (κ3) is 5.84. The van der Waals surface area contributed by atoms with Crippen molar-refractivity contribution in [2.24, 2.45) is 0 Å². The fourth-order valence-corrected chi connectivity index (χ4v) is 1.68. The molecule has 0 fully saturated rings. The first-order valence-electron chi connectivity index (χ1n) is 6.02. The standard InChI is InChI=1S/C12H20ClN3O/c1-3-6-11-15-10(13)9-12(16-11)14-7-4-5-8-17-2/h9H,3-8H2,1-2H3,(H,14,15,16). The highest BCUT2D eigenvalue weighted by molar-refractivity contribution is 6.29. The molecule has 0 radical (unpaired) electrons. The van der Waals surface area contributed by atoms with E-state index in [9.17, 15) is 0 Å². The van der Waals surface area contributed by atoms with Crippen molar-refractivity contribution in [3.63, 3.8) is 0 Å². The van der Waals surface area contributed by atoms with Crippen LogP contribution in [0.15, 0.2) is 6.07 Å². The minimum Gasteiger partial charge on any atom is -0.385 e. The Morgan fingerprint density at radius 1 is 1.35 bits per heavy atom. The van der Waals surface area contributed by atoms with E-state index in [1.165, 1.54) is 0 Å². The van der Waals surface area contributed by atoms with E-state index < -0.39 is 0 Å². The van der Waals surface area contributed by atoms with Crippen LogP contribution in [-0.2, 0) is 11.2 Å². The Hall–Kier alpha value is -0.870. The summed E-state index contributed by atoms with van der Waals surface area (Å²) in [5.74, 6) is 1.62. The zero-order chi connectivity index (χ0) is 12.5. The van der Waals surface area contributed by atoms with Crippen LogP contribution in [0.2, 0.25) is 5.15 Å². The van der Waals surface area contributed by atoms with Gasteiger partial charge in [-0.15, -0.1) is 0 Å². The SMILES string of the molecule is CCCc1nc(Cl)cc(NCCCCOC)n1. The van der Waals surface area contributed by atoms with Crippen LogP contribution in [0.5, 0.6) is 0 Å². The number of ether oxygens (including phenoxy) is 1. The number of unbranched alkanes of at least 4 members (excludes halogenated alkanes) is 1. The van der Waals surface area contributed by atoms with Crippen molar-refractivity contribution in [1.29, 1.82) is 0 Å². The monoisotopic (exact) mass is 257 g/mol. The Kier molecular flexibility index (Phi) is 6.89. The second kappa shape index (κ2) is 8.25. The molecule has 17 heavy (non-hydrogen) atoms. The van der Waals surface area contributed by atoms with Crippen molar-refractivity contribution in [1.82, 2.24) is 9.97 Å². The summed E-state index contributed by atoms with van der Waals surface area (Å²) in [4.78, 5) is 8.58. The summed E-state index contributed by atoms with van der Waals surface area (Å²) >= 11 is 5.94. The van der Waals surface area contributed by atoms with E-state index in [1.807, 2.05) is 0 Å². The molecule has 0 aliphatic carbocycles. The Labute approximate surface area is 108 Å². The van der Waals surface area contributed by atoms with E-state index in [2.05, 4.69) is 22.2 Å². The number of anilines is 1. The first-order chi connectivity index (χ1) is 8.26. The average Bonchev–Trinajstić information content (AvgIpc) is 2.28. The smallest absolute Gasteiger partial charge is 0.134 e. The maximum absolute atomic E-state index is 5.94. The van der Waals surface area contributed by atoms with Gasteiger partial charge in [-0.1, -0.05) is 18.5 Å². The van der Waals surface area contributed by atoms with Crippen molar-refractivity contribution in [3.05, 3.63) is 17.0 Å². The number of nitrogens with zero attached hydrogens (tertiary/aromatic N) is 2. The molecule has 1 aromatic rings. The molecule has 1 heterocycles. The molecule has 0 amide bonds. The van der Waals surface area contributed by atoms with Gasteiger partial charge in [-0.25, -0.2) is 9.97 Å². The van der Waals surface area contributed by atoms with Crippen LogP contribution in [0.3, 0.4) is 0 Å². The molecule has 0 bridgehead atoms. The highest BCUT2D eigenvalue weighted by Crippen LogP contribution is 2.12. The molecule has 0 aromatic carbocycles. The van der Waals surface area contributed by atoms with Crippen LogP contribution in [0.4, 0.5) is 5.82 Å². The summed E-state index contributed by atoms with van der Waals surface area (Å²) < 4.78 is 4.99. The molecule has 4 nitrogen and oxygen atoms in total. The van der Waals surface area contributed by atoms with Gasteiger partial charge in [-0.2, -0.15) is 0 Å². The summed E-state index contributed by atoms with van der Waals surface area (Å²) in [6.07, 6.45) is 3.98. The van der Waals surface area contributed by atoms with Gasteiger partial charge in [-0.3, -0.25) is 0 Å². The summed E-state index contributed by atoms with van der Waals surface area (Å²) in [6, 6.07) is 1.76. The minimum atomic E-state index is 0.503. The van der Waals surface area contributed by atoms with Gasteiger partial charge in [0, 0.05) is 32.7 Å². The molecular formula is C12H20ClN3O. The van der Waals surface area contributed by atoms with Gasteiger partial charge in [0.15, 0.2) is 0 Å².